The maximum absolute atomic E-state index is 11.9. The first kappa shape index (κ1) is 15.7. The number of carbonyl (C=O) groups is 2. The van der Waals surface area contributed by atoms with Gasteiger partial charge in [-0.05, 0) is 19.3 Å². The summed E-state index contributed by atoms with van der Waals surface area (Å²) in [4.78, 5) is 23.0. The number of carbonyl (C=O) groups excluding carboxylic acids is 1. The molecule has 0 aromatic heterocycles. The van der Waals surface area contributed by atoms with Gasteiger partial charge in [-0.2, -0.15) is 0 Å². The van der Waals surface area contributed by atoms with Gasteiger partial charge in [0.1, 0.15) is 0 Å². The van der Waals surface area contributed by atoms with Gasteiger partial charge in [-0.15, -0.1) is 0 Å². The summed E-state index contributed by atoms with van der Waals surface area (Å²) in [6, 6.07) is 0. The highest BCUT2D eigenvalue weighted by Crippen LogP contribution is 2.27. The zero-order valence-corrected chi connectivity index (χ0v) is 11.6. The fourth-order valence-electron chi connectivity index (χ4n) is 2.33. The van der Waals surface area contributed by atoms with E-state index in [0.29, 0.717) is 19.4 Å². The second-order valence-electron chi connectivity index (χ2n) is 5.08. The highest BCUT2D eigenvalue weighted by molar-refractivity contribution is 5.81. The van der Waals surface area contributed by atoms with Gasteiger partial charge < -0.3 is 9.84 Å². The molecule has 1 aliphatic carbocycles. The Balaban J connectivity index is 2.27. The minimum absolute atomic E-state index is 0.354. The standard InChI is InChI=1S/C15H24O4/c1-2-3-4-5-8-11-19-15(18)13-10-7-6-9-12(13)14(16)17/h6-7,12-13H,2-5,8-11H2,1H3,(H,16,17)/t12-,13+/m0/s1. The van der Waals surface area contributed by atoms with E-state index in [1.165, 1.54) is 12.8 Å². The SMILES string of the molecule is CCCCCCCOC(=O)[C@@H]1CC=CC[C@@H]1C(=O)O. The molecule has 0 bridgehead atoms. The Bertz CT molecular complexity index is 322. The molecule has 1 rings (SSSR count). The maximum Gasteiger partial charge on any atom is 0.310 e. The fraction of sp³-hybridized carbons (Fsp3) is 0.733. The number of hydrogen-bond acceptors (Lipinski definition) is 3. The predicted molar refractivity (Wildman–Crippen MR) is 72.7 cm³/mol. The van der Waals surface area contributed by atoms with E-state index in [1.54, 1.807) is 0 Å². The van der Waals surface area contributed by atoms with Gasteiger partial charge in [-0.3, -0.25) is 9.59 Å². The first-order chi connectivity index (χ1) is 9.16. The van der Waals surface area contributed by atoms with Crippen LogP contribution in [0, 0.1) is 11.8 Å². The summed E-state index contributed by atoms with van der Waals surface area (Å²) >= 11 is 0. The van der Waals surface area contributed by atoms with E-state index in [1.807, 2.05) is 12.2 Å². The quantitative estimate of drug-likeness (QED) is 0.417. The van der Waals surface area contributed by atoms with E-state index in [4.69, 9.17) is 9.84 Å². The molecule has 0 fully saturated rings. The van der Waals surface area contributed by atoms with Crippen LogP contribution in [0.2, 0.25) is 0 Å². The van der Waals surface area contributed by atoms with Crippen LogP contribution in [0.1, 0.15) is 51.9 Å². The summed E-state index contributed by atoms with van der Waals surface area (Å²) in [6.07, 6.45) is 10.1. The van der Waals surface area contributed by atoms with Crippen LogP contribution in [0.25, 0.3) is 0 Å². The average molecular weight is 268 g/mol. The van der Waals surface area contributed by atoms with Crippen molar-refractivity contribution in [1.82, 2.24) is 0 Å². The first-order valence-electron chi connectivity index (χ1n) is 7.21. The van der Waals surface area contributed by atoms with E-state index >= 15 is 0 Å². The van der Waals surface area contributed by atoms with Crippen molar-refractivity contribution in [3.63, 3.8) is 0 Å². The number of hydrogen-bond donors (Lipinski definition) is 1. The molecule has 108 valence electrons. The summed E-state index contributed by atoms with van der Waals surface area (Å²) < 4.78 is 5.21. The number of carboxylic acid groups (broad SMARTS) is 1. The van der Waals surface area contributed by atoms with Gasteiger partial charge in [-0.25, -0.2) is 0 Å². The van der Waals surface area contributed by atoms with Gasteiger partial charge in [0.25, 0.3) is 0 Å². The highest BCUT2D eigenvalue weighted by atomic mass is 16.5. The Hall–Kier alpha value is -1.32. The van der Waals surface area contributed by atoms with E-state index in [2.05, 4.69) is 6.92 Å². The third-order valence-corrected chi connectivity index (χ3v) is 3.54. The Morgan fingerprint density at radius 3 is 2.37 bits per heavy atom. The smallest absolute Gasteiger partial charge is 0.310 e. The molecule has 0 amide bonds. The van der Waals surface area contributed by atoms with Crippen LogP contribution in [-0.4, -0.2) is 23.7 Å². The van der Waals surface area contributed by atoms with E-state index in [0.717, 1.165) is 19.3 Å². The summed E-state index contributed by atoms with van der Waals surface area (Å²) in [7, 11) is 0. The monoisotopic (exact) mass is 268 g/mol. The van der Waals surface area contributed by atoms with Crippen molar-refractivity contribution in [2.45, 2.75) is 51.9 Å². The van der Waals surface area contributed by atoms with Gasteiger partial charge in [0, 0.05) is 0 Å². The largest absolute Gasteiger partial charge is 0.481 e. The number of allylic oxidation sites excluding steroid dienone is 2. The highest BCUT2D eigenvalue weighted by Gasteiger charge is 2.34. The van der Waals surface area contributed by atoms with Gasteiger partial charge in [0.05, 0.1) is 18.4 Å². The summed E-state index contributed by atoms with van der Waals surface area (Å²) in [5.74, 6) is -2.41. The first-order valence-corrected chi connectivity index (χ1v) is 7.21. The number of unbranched alkanes of at least 4 members (excludes halogenated alkanes) is 4. The molecule has 0 aliphatic heterocycles. The Morgan fingerprint density at radius 1 is 1.11 bits per heavy atom. The van der Waals surface area contributed by atoms with Crippen LogP contribution in [0.5, 0.6) is 0 Å². The van der Waals surface area contributed by atoms with Crippen LogP contribution >= 0.6 is 0 Å². The molecule has 0 aromatic carbocycles. The molecule has 1 N–H and O–H groups in total. The summed E-state index contributed by atoms with van der Waals surface area (Å²) in [6.45, 7) is 2.57. The molecular formula is C15H24O4. The average Bonchev–Trinajstić information content (AvgIpc) is 2.42. The van der Waals surface area contributed by atoms with Crippen LogP contribution in [0.4, 0.5) is 0 Å². The lowest BCUT2D eigenvalue weighted by molar-refractivity contribution is -0.158. The van der Waals surface area contributed by atoms with Crippen LogP contribution in [-0.2, 0) is 14.3 Å². The van der Waals surface area contributed by atoms with Gasteiger partial charge >= 0.3 is 11.9 Å². The van der Waals surface area contributed by atoms with E-state index in [-0.39, 0.29) is 5.97 Å². The molecule has 0 radical (unpaired) electrons. The van der Waals surface area contributed by atoms with Crippen molar-refractivity contribution in [3.8, 4) is 0 Å². The van der Waals surface area contributed by atoms with Crippen molar-refractivity contribution in [1.29, 1.82) is 0 Å². The molecule has 4 heteroatoms. The zero-order valence-electron chi connectivity index (χ0n) is 11.6. The lowest BCUT2D eigenvalue weighted by Gasteiger charge is -2.23. The molecule has 1 aliphatic rings. The van der Waals surface area contributed by atoms with Crippen LogP contribution < -0.4 is 0 Å². The second-order valence-corrected chi connectivity index (χ2v) is 5.08. The summed E-state index contributed by atoms with van der Waals surface area (Å²) in [5, 5.41) is 9.08. The lowest BCUT2D eigenvalue weighted by atomic mass is 9.83. The molecule has 0 unspecified atom stereocenters. The zero-order chi connectivity index (χ0) is 14.1. The lowest BCUT2D eigenvalue weighted by Crippen LogP contribution is -2.32. The molecule has 2 atom stereocenters. The Morgan fingerprint density at radius 2 is 1.74 bits per heavy atom. The van der Waals surface area contributed by atoms with Gasteiger partial charge in [0.15, 0.2) is 0 Å². The van der Waals surface area contributed by atoms with Crippen molar-refractivity contribution < 1.29 is 19.4 Å². The van der Waals surface area contributed by atoms with Crippen molar-refractivity contribution in [2.75, 3.05) is 6.61 Å². The van der Waals surface area contributed by atoms with Crippen LogP contribution in [0.3, 0.4) is 0 Å². The molecule has 0 aromatic rings. The van der Waals surface area contributed by atoms with Gasteiger partial charge in [-0.1, -0.05) is 44.8 Å². The molecule has 0 spiro atoms. The maximum atomic E-state index is 11.9. The predicted octanol–water partition coefficient (Wildman–Crippen LogP) is 3.17. The topological polar surface area (TPSA) is 63.6 Å². The van der Waals surface area contributed by atoms with Crippen LogP contribution in [0.15, 0.2) is 12.2 Å². The molecule has 0 saturated heterocycles. The third kappa shape index (κ3) is 5.45. The molecule has 4 nitrogen and oxygen atoms in total. The number of rotatable bonds is 8. The second kappa shape index (κ2) is 8.73. The normalized spacial score (nSPS) is 22.2. The Labute approximate surface area is 114 Å². The van der Waals surface area contributed by atoms with Crippen molar-refractivity contribution >= 4 is 11.9 Å². The number of esters is 1. The number of ether oxygens (including phenoxy) is 1. The van der Waals surface area contributed by atoms with Crippen molar-refractivity contribution in [3.05, 3.63) is 12.2 Å². The fourth-order valence-corrected chi connectivity index (χ4v) is 2.33. The molecular weight excluding hydrogens is 244 g/mol. The minimum atomic E-state index is -0.908. The summed E-state index contributed by atoms with van der Waals surface area (Å²) in [5.41, 5.74) is 0. The van der Waals surface area contributed by atoms with Gasteiger partial charge in [0.2, 0.25) is 0 Å². The van der Waals surface area contributed by atoms with Crippen molar-refractivity contribution in [2.24, 2.45) is 11.8 Å². The Kier molecular flexibility index (Phi) is 7.23. The third-order valence-electron chi connectivity index (χ3n) is 3.54. The minimum Gasteiger partial charge on any atom is -0.481 e. The van der Waals surface area contributed by atoms with E-state index < -0.39 is 17.8 Å². The molecule has 0 heterocycles. The molecule has 19 heavy (non-hydrogen) atoms. The number of aliphatic carboxylic acids is 1. The number of carboxylic acids is 1. The van der Waals surface area contributed by atoms with E-state index in [9.17, 15) is 9.59 Å². The molecule has 0 saturated carbocycles.